The van der Waals surface area contributed by atoms with Crippen molar-refractivity contribution in [3.63, 3.8) is 0 Å². The lowest BCUT2D eigenvalue weighted by atomic mass is 9.97. The van der Waals surface area contributed by atoms with E-state index in [0.717, 1.165) is 5.52 Å². The van der Waals surface area contributed by atoms with E-state index < -0.39 is 0 Å². The van der Waals surface area contributed by atoms with Crippen LogP contribution in [0.3, 0.4) is 0 Å². The number of pyridine rings is 1. The van der Waals surface area contributed by atoms with Gasteiger partial charge >= 0.3 is 5.97 Å². The molecular formula is C21H22BrN2O2+. The molecule has 26 heavy (non-hydrogen) atoms. The summed E-state index contributed by atoms with van der Waals surface area (Å²) in [6.45, 7) is 6.76. The van der Waals surface area contributed by atoms with Gasteiger partial charge in [0.25, 0.3) is 0 Å². The van der Waals surface area contributed by atoms with Crippen LogP contribution in [0, 0.1) is 13.8 Å². The number of nitrogens with zero attached hydrogens (tertiary/aromatic N) is 1. The quantitative estimate of drug-likeness (QED) is 0.396. The zero-order chi connectivity index (χ0) is 17.6. The van der Waals surface area contributed by atoms with E-state index in [4.69, 9.17) is 4.74 Å². The Labute approximate surface area is 162 Å². The molecule has 0 unspecified atom stereocenters. The summed E-state index contributed by atoms with van der Waals surface area (Å²) < 4.78 is 6.96. The summed E-state index contributed by atoms with van der Waals surface area (Å²) in [5, 5.41) is 4.87. The summed E-state index contributed by atoms with van der Waals surface area (Å²) in [6.07, 6.45) is 4.00. The van der Waals surface area contributed by atoms with Crippen LogP contribution in [0.2, 0.25) is 0 Å². The lowest BCUT2D eigenvalue weighted by Crippen LogP contribution is -2.38. The fourth-order valence-corrected chi connectivity index (χ4v) is 3.70. The van der Waals surface area contributed by atoms with Gasteiger partial charge in [0.15, 0.2) is 12.4 Å². The number of rotatable bonds is 3. The largest absolute Gasteiger partial charge is 0.461 e. The lowest BCUT2D eigenvalue weighted by molar-refractivity contribution is -0.684. The van der Waals surface area contributed by atoms with Crippen molar-refractivity contribution in [1.82, 2.24) is 4.98 Å². The Morgan fingerprint density at radius 3 is 2.62 bits per heavy atom. The van der Waals surface area contributed by atoms with Gasteiger partial charge in [-0.15, -0.1) is 17.0 Å². The Hall–Kier alpha value is -2.40. The number of fused-ring (bicyclic) bond motifs is 4. The summed E-state index contributed by atoms with van der Waals surface area (Å²) in [7, 11) is 0. The SMILES string of the molecule is Br.CCOC(=O)C[n+]1ccc2c(C)c3[nH]c4ccccc4c3c(C)c2c1. The highest BCUT2D eigenvalue weighted by atomic mass is 79.9. The van der Waals surface area contributed by atoms with Crippen molar-refractivity contribution in [2.45, 2.75) is 27.3 Å². The predicted molar refractivity (Wildman–Crippen MR) is 110 cm³/mol. The van der Waals surface area contributed by atoms with Crippen LogP contribution in [0.4, 0.5) is 0 Å². The maximum absolute atomic E-state index is 11.8. The molecule has 134 valence electrons. The third-order valence-corrected chi connectivity index (χ3v) is 4.90. The van der Waals surface area contributed by atoms with Crippen molar-refractivity contribution in [2.75, 3.05) is 6.61 Å². The standard InChI is InChI=1S/C21H20N2O2.BrH/c1-4-25-19(24)12-23-10-9-15-14(3)21-20(13(2)17(15)11-23)16-7-5-6-8-18(16)22-21;/h5-11H,4,12H2,1-3H3;1H/p+1. The summed E-state index contributed by atoms with van der Waals surface area (Å²) in [4.78, 5) is 15.4. The number of hydrogen-bond acceptors (Lipinski definition) is 2. The number of esters is 1. The normalized spacial score (nSPS) is 11.0. The van der Waals surface area contributed by atoms with E-state index in [2.05, 4.69) is 55.4 Å². The average Bonchev–Trinajstić information content (AvgIpc) is 3.00. The molecule has 0 saturated heterocycles. The highest BCUT2D eigenvalue weighted by Gasteiger charge is 2.17. The highest BCUT2D eigenvalue weighted by Crippen LogP contribution is 2.35. The third-order valence-electron chi connectivity index (χ3n) is 4.90. The molecule has 0 atom stereocenters. The van der Waals surface area contributed by atoms with Gasteiger partial charge in [-0.2, -0.15) is 4.57 Å². The van der Waals surface area contributed by atoms with Gasteiger partial charge in [0.05, 0.1) is 12.1 Å². The zero-order valence-electron chi connectivity index (χ0n) is 15.1. The molecule has 1 N–H and O–H groups in total. The van der Waals surface area contributed by atoms with E-state index >= 15 is 0 Å². The molecule has 0 bridgehead atoms. The van der Waals surface area contributed by atoms with E-state index in [1.165, 1.54) is 38.2 Å². The van der Waals surface area contributed by atoms with Crippen LogP contribution in [-0.2, 0) is 16.1 Å². The van der Waals surface area contributed by atoms with Crippen LogP contribution in [0.1, 0.15) is 18.1 Å². The van der Waals surface area contributed by atoms with E-state index in [0.29, 0.717) is 6.61 Å². The Bertz CT molecular complexity index is 1130. The molecule has 0 amide bonds. The molecule has 0 radical (unpaired) electrons. The van der Waals surface area contributed by atoms with Gasteiger partial charge in [-0.3, -0.25) is 0 Å². The van der Waals surface area contributed by atoms with Crippen molar-refractivity contribution in [1.29, 1.82) is 0 Å². The topological polar surface area (TPSA) is 46.0 Å². The maximum atomic E-state index is 11.8. The zero-order valence-corrected chi connectivity index (χ0v) is 16.8. The van der Waals surface area contributed by atoms with Crippen LogP contribution in [0.15, 0.2) is 42.7 Å². The number of hydrogen-bond donors (Lipinski definition) is 1. The smallest absolute Gasteiger partial charge is 0.372 e. The first-order valence-corrected chi connectivity index (χ1v) is 8.58. The predicted octanol–water partition coefficient (Wildman–Crippen LogP) is 4.52. The first-order valence-electron chi connectivity index (χ1n) is 8.58. The van der Waals surface area contributed by atoms with Gasteiger partial charge < -0.3 is 9.72 Å². The Morgan fingerprint density at radius 1 is 1.08 bits per heavy atom. The van der Waals surface area contributed by atoms with E-state index in [9.17, 15) is 4.79 Å². The summed E-state index contributed by atoms with van der Waals surface area (Å²) >= 11 is 0. The van der Waals surface area contributed by atoms with E-state index in [-0.39, 0.29) is 29.5 Å². The molecule has 0 saturated carbocycles. The number of aromatic nitrogens is 2. The Morgan fingerprint density at radius 2 is 1.85 bits per heavy atom. The van der Waals surface area contributed by atoms with Gasteiger partial charge in [-0.1, -0.05) is 18.2 Å². The number of ether oxygens (including phenoxy) is 1. The number of aryl methyl sites for hydroxylation is 2. The molecule has 2 heterocycles. The molecule has 4 aromatic rings. The van der Waals surface area contributed by atoms with Crippen molar-refractivity contribution in [3.8, 4) is 0 Å². The molecule has 2 aromatic carbocycles. The van der Waals surface area contributed by atoms with Crippen LogP contribution in [0.5, 0.6) is 0 Å². The highest BCUT2D eigenvalue weighted by molar-refractivity contribution is 8.93. The molecule has 0 aliphatic carbocycles. The Balaban J connectivity index is 0.00000196. The number of benzene rings is 2. The molecule has 5 heteroatoms. The Kier molecular flexibility index (Phi) is 5.01. The number of carbonyl (C=O) groups excluding carboxylic acids is 1. The van der Waals surface area contributed by atoms with Gasteiger partial charge in [-0.05, 0) is 43.4 Å². The van der Waals surface area contributed by atoms with Crippen molar-refractivity contribution >= 4 is 55.5 Å². The lowest BCUT2D eigenvalue weighted by Gasteiger charge is -2.08. The molecule has 4 rings (SSSR count). The van der Waals surface area contributed by atoms with Crippen LogP contribution >= 0.6 is 17.0 Å². The number of aromatic amines is 1. The molecule has 0 aliphatic rings. The second kappa shape index (κ2) is 7.08. The minimum absolute atomic E-state index is 0. The summed E-state index contributed by atoms with van der Waals surface area (Å²) in [5.74, 6) is -0.214. The minimum Gasteiger partial charge on any atom is -0.461 e. The summed E-state index contributed by atoms with van der Waals surface area (Å²) in [6, 6.07) is 10.5. The van der Waals surface area contributed by atoms with Crippen molar-refractivity contribution < 1.29 is 14.1 Å². The molecule has 0 aliphatic heterocycles. The van der Waals surface area contributed by atoms with Gasteiger partial charge in [0.1, 0.15) is 0 Å². The molecule has 2 aromatic heterocycles. The average molecular weight is 414 g/mol. The maximum Gasteiger partial charge on any atom is 0.372 e. The minimum atomic E-state index is -0.214. The van der Waals surface area contributed by atoms with Crippen LogP contribution in [-0.4, -0.2) is 17.6 Å². The molecule has 0 fully saturated rings. The number of halogens is 1. The van der Waals surface area contributed by atoms with Crippen LogP contribution in [0.25, 0.3) is 32.6 Å². The fraction of sp³-hybridized carbons (Fsp3) is 0.238. The van der Waals surface area contributed by atoms with E-state index in [1.807, 2.05) is 17.7 Å². The monoisotopic (exact) mass is 413 g/mol. The molecule has 4 nitrogen and oxygen atoms in total. The van der Waals surface area contributed by atoms with Gasteiger partial charge in [0.2, 0.25) is 6.54 Å². The van der Waals surface area contributed by atoms with Crippen molar-refractivity contribution in [3.05, 3.63) is 53.9 Å². The summed E-state index contributed by atoms with van der Waals surface area (Å²) in [5.41, 5.74) is 4.80. The number of carbonyl (C=O) groups is 1. The molecule has 0 spiro atoms. The molecular weight excluding hydrogens is 392 g/mol. The first kappa shape index (κ1) is 18.4. The van der Waals surface area contributed by atoms with Crippen molar-refractivity contribution in [2.24, 2.45) is 0 Å². The van der Waals surface area contributed by atoms with E-state index in [1.54, 1.807) is 0 Å². The second-order valence-electron chi connectivity index (χ2n) is 6.42. The van der Waals surface area contributed by atoms with Crippen LogP contribution < -0.4 is 4.57 Å². The number of nitrogens with one attached hydrogen (secondary N) is 1. The number of para-hydroxylation sites is 1. The fourth-order valence-electron chi connectivity index (χ4n) is 3.70. The van der Waals surface area contributed by atoms with Gasteiger partial charge in [-0.25, -0.2) is 4.79 Å². The van der Waals surface area contributed by atoms with Gasteiger partial charge in [0, 0.05) is 27.7 Å². The second-order valence-corrected chi connectivity index (χ2v) is 6.42. The third kappa shape index (κ3) is 2.86. The number of H-pyrrole nitrogens is 1. The first-order chi connectivity index (χ1) is 12.1.